The Hall–Kier alpha value is -3.12. The van der Waals surface area contributed by atoms with Gasteiger partial charge in [-0.25, -0.2) is 0 Å². The van der Waals surface area contributed by atoms with Crippen molar-refractivity contribution >= 4 is 32.3 Å². The van der Waals surface area contributed by atoms with Crippen LogP contribution in [0.25, 0.3) is 43.4 Å². The van der Waals surface area contributed by atoms with Crippen molar-refractivity contribution in [1.82, 2.24) is 0 Å². The number of benzene rings is 5. The van der Waals surface area contributed by atoms with Crippen LogP contribution in [0.5, 0.6) is 0 Å². The van der Waals surface area contributed by atoms with Crippen LogP contribution in [0.4, 0.5) is 0 Å². The summed E-state index contributed by atoms with van der Waals surface area (Å²) in [5.41, 5.74) is 5.73. The van der Waals surface area contributed by atoms with E-state index in [0.717, 1.165) is 0 Å². The van der Waals surface area contributed by atoms with E-state index in [-0.39, 0.29) is 5.41 Å². The van der Waals surface area contributed by atoms with E-state index in [0.29, 0.717) is 0 Å². The molecule has 0 radical (unpaired) electrons. The van der Waals surface area contributed by atoms with Crippen LogP contribution in [0.15, 0.2) is 84.9 Å². The third kappa shape index (κ3) is 4.11. The van der Waals surface area contributed by atoms with Crippen LogP contribution in [0.1, 0.15) is 72.9 Å². The highest BCUT2D eigenvalue weighted by Crippen LogP contribution is 2.55. The summed E-state index contributed by atoms with van der Waals surface area (Å²) in [5.74, 6) is 0. The molecular weight excluding hydrogens is 408 g/mol. The molecule has 5 aromatic carbocycles. The highest BCUT2D eigenvalue weighted by Gasteiger charge is 2.38. The molecular formula is C34H40. The van der Waals surface area contributed by atoms with Crippen molar-refractivity contribution < 1.29 is 0 Å². The minimum absolute atomic E-state index is 0.0155. The van der Waals surface area contributed by atoms with E-state index >= 15 is 0 Å². The van der Waals surface area contributed by atoms with E-state index in [9.17, 15) is 0 Å². The van der Waals surface area contributed by atoms with Gasteiger partial charge in [-0.2, -0.15) is 0 Å². The van der Waals surface area contributed by atoms with E-state index in [2.05, 4.69) is 113 Å². The zero-order valence-corrected chi connectivity index (χ0v) is 22.3. The van der Waals surface area contributed by atoms with Crippen LogP contribution in [0, 0.1) is 0 Å². The van der Waals surface area contributed by atoms with Gasteiger partial charge in [-0.15, -0.1) is 0 Å². The molecule has 6 rings (SSSR count). The molecule has 0 aliphatic heterocycles. The molecule has 0 nitrogen and oxygen atoms in total. The number of rotatable bonds is 0. The molecule has 0 N–H and O–H groups in total. The zero-order chi connectivity index (χ0) is 24.9. The second-order valence-corrected chi connectivity index (χ2v) is 8.92. The monoisotopic (exact) mass is 448 g/mol. The van der Waals surface area contributed by atoms with Crippen molar-refractivity contribution in [3.63, 3.8) is 0 Å². The number of hydrogen-bond acceptors (Lipinski definition) is 0. The lowest BCUT2D eigenvalue weighted by atomic mass is 9.79. The van der Waals surface area contributed by atoms with Gasteiger partial charge in [0.25, 0.3) is 0 Å². The Bertz CT molecular complexity index is 1400. The fourth-order valence-corrected chi connectivity index (χ4v) is 5.17. The van der Waals surface area contributed by atoms with Gasteiger partial charge in [0, 0.05) is 5.41 Å². The highest BCUT2D eigenvalue weighted by molar-refractivity contribution is 6.18. The fourth-order valence-electron chi connectivity index (χ4n) is 5.17. The van der Waals surface area contributed by atoms with Crippen LogP contribution >= 0.6 is 0 Å². The van der Waals surface area contributed by atoms with Crippen molar-refractivity contribution in [2.75, 3.05) is 0 Å². The first kappa shape index (κ1) is 25.5. The average molecular weight is 449 g/mol. The summed E-state index contributed by atoms with van der Waals surface area (Å²) >= 11 is 0. The maximum atomic E-state index is 2.41. The molecule has 5 aromatic rings. The molecule has 0 amide bonds. The minimum Gasteiger partial charge on any atom is -0.0683 e. The lowest BCUT2D eigenvalue weighted by Crippen LogP contribution is -2.15. The zero-order valence-electron chi connectivity index (χ0n) is 22.3. The van der Waals surface area contributed by atoms with Gasteiger partial charge in [0.2, 0.25) is 0 Å². The van der Waals surface area contributed by atoms with Gasteiger partial charge >= 0.3 is 0 Å². The normalized spacial score (nSPS) is 12.5. The van der Waals surface area contributed by atoms with Crippen LogP contribution in [-0.2, 0) is 5.41 Å². The molecule has 0 saturated carbocycles. The van der Waals surface area contributed by atoms with Crippen LogP contribution < -0.4 is 0 Å². The third-order valence-corrected chi connectivity index (χ3v) is 6.39. The van der Waals surface area contributed by atoms with Gasteiger partial charge in [-0.05, 0) is 66.7 Å². The molecule has 0 spiro atoms. The van der Waals surface area contributed by atoms with Gasteiger partial charge < -0.3 is 0 Å². The van der Waals surface area contributed by atoms with Gasteiger partial charge in [0.1, 0.15) is 0 Å². The van der Waals surface area contributed by atoms with E-state index in [4.69, 9.17) is 0 Å². The predicted molar refractivity (Wildman–Crippen MR) is 155 cm³/mol. The SMILES string of the molecule is CC.CC.CC1(C)c2cc3ccccc3cc2-c2c1c1ccccc1c1ccccc21.CCC. The molecule has 0 fully saturated rings. The molecule has 0 heteroatoms. The van der Waals surface area contributed by atoms with Crippen molar-refractivity contribution in [1.29, 1.82) is 0 Å². The lowest BCUT2D eigenvalue weighted by Gasteiger charge is -2.24. The van der Waals surface area contributed by atoms with Crippen molar-refractivity contribution in [2.45, 2.75) is 67.2 Å². The summed E-state index contributed by atoms with van der Waals surface area (Å²) in [6.07, 6.45) is 1.25. The highest BCUT2D eigenvalue weighted by atomic mass is 14.4. The van der Waals surface area contributed by atoms with E-state index in [1.165, 1.54) is 61.0 Å². The first-order valence-corrected chi connectivity index (χ1v) is 13.1. The number of fused-ring (bicyclic) bond motifs is 9. The second-order valence-electron chi connectivity index (χ2n) is 8.92. The van der Waals surface area contributed by atoms with Gasteiger partial charge in [-0.3, -0.25) is 0 Å². The molecule has 34 heavy (non-hydrogen) atoms. The Morgan fingerprint density at radius 1 is 0.559 bits per heavy atom. The van der Waals surface area contributed by atoms with Gasteiger partial charge in [0.05, 0.1) is 0 Å². The maximum absolute atomic E-state index is 2.41. The van der Waals surface area contributed by atoms with Crippen molar-refractivity contribution in [3.05, 3.63) is 96.1 Å². The molecule has 0 heterocycles. The summed E-state index contributed by atoms with van der Waals surface area (Å²) in [7, 11) is 0. The van der Waals surface area contributed by atoms with Crippen LogP contribution in [-0.4, -0.2) is 0 Å². The largest absolute Gasteiger partial charge is 0.0683 e. The van der Waals surface area contributed by atoms with Crippen LogP contribution in [0.3, 0.4) is 0 Å². The molecule has 1 aliphatic rings. The Balaban J connectivity index is 0.000000423. The van der Waals surface area contributed by atoms with Crippen molar-refractivity contribution in [2.24, 2.45) is 0 Å². The smallest absolute Gasteiger partial charge is 0.0165 e. The van der Waals surface area contributed by atoms with Crippen LogP contribution in [0.2, 0.25) is 0 Å². The first-order valence-electron chi connectivity index (χ1n) is 13.1. The summed E-state index contributed by atoms with van der Waals surface area (Å²) in [6, 6.07) is 31.3. The van der Waals surface area contributed by atoms with Gasteiger partial charge in [0.15, 0.2) is 0 Å². The number of hydrogen-bond donors (Lipinski definition) is 0. The minimum atomic E-state index is -0.0155. The Morgan fingerprint density at radius 2 is 0.971 bits per heavy atom. The first-order chi connectivity index (χ1) is 16.6. The van der Waals surface area contributed by atoms with Gasteiger partial charge in [-0.1, -0.05) is 135 Å². The summed E-state index contributed by atoms with van der Waals surface area (Å²) < 4.78 is 0. The second kappa shape index (κ2) is 10.9. The lowest BCUT2D eigenvalue weighted by molar-refractivity contribution is 0.667. The summed E-state index contributed by atoms with van der Waals surface area (Å²) in [5, 5.41) is 8.11. The molecule has 176 valence electrons. The summed E-state index contributed by atoms with van der Waals surface area (Å²) in [6.45, 7) is 17.0. The van der Waals surface area contributed by atoms with E-state index in [1.54, 1.807) is 0 Å². The third-order valence-electron chi connectivity index (χ3n) is 6.39. The standard InChI is InChI=1S/C27H20.C3H8.2C2H6/c1-27(2)24-16-18-10-4-3-9-17(18)15-23(24)25-21-13-7-5-11-19(21)20-12-6-8-14-22(20)26(25)27;1-3-2;2*1-2/h3-16H,1-2H3;3H2,1-2H3;2*1-2H3. The molecule has 1 aliphatic carbocycles. The predicted octanol–water partition coefficient (Wildman–Crippen LogP) is 10.9. The molecule has 0 atom stereocenters. The molecule has 0 unspecified atom stereocenters. The maximum Gasteiger partial charge on any atom is 0.0165 e. The van der Waals surface area contributed by atoms with E-state index < -0.39 is 0 Å². The summed E-state index contributed by atoms with van der Waals surface area (Å²) in [4.78, 5) is 0. The molecule has 0 bridgehead atoms. The van der Waals surface area contributed by atoms with Crippen molar-refractivity contribution in [3.8, 4) is 11.1 Å². The fraction of sp³-hybridized carbons (Fsp3) is 0.294. The topological polar surface area (TPSA) is 0 Å². The van der Waals surface area contributed by atoms with E-state index in [1.807, 2.05) is 27.7 Å². The Labute approximate surface area is 206 Å². The Morgan fingerprint density at radius 3 is 1.53 bits per heavy atom. The Kier molecular flexibility index (Phi) is 8.15. The molecule has 0 aromatic heterocycles. The average Bonchev–Trinajstić information content (AvgIpc) is 3.12. The molecule has 0 saturated heterocycles. The quantitative estimate of drug-likeness (QED) is 0.207.